The highest BCUT2D eigenvalue weighted by Gasteiger charge is 2.29. The molecule has 3 heterocycles. The fraction of sp³-hybridized carbons (Fsp3) is 0.600. The Bertz CT molecular complexity index is 901. The van der Waals surface area contributed by atoms with E-state index in [1.807, 2.05) is 36.9 Å². The van der Waals surface area contributed by atoms with Gasteiger partial charge in [0.1, 0.15) is 11.5 Å². The highest BCUT2D eigenvalue weighted by Crippen LogP contribution is 2.23. The number of benzene rings is 1. The number of carbonyl (C=O) groups excluding carboxylic acids is 1. The molecule has 0 spiro atoms. The van der Waals surface area contributed by atoms with E-state index in [0.717, 1.165) is 63.2 Å². The standard InChI is InChI=1S/C25H35FN4O2/c1-3-30-24(15-19(2)27-30)25(31)29(18-22-8-6-14-32-22)16-20-10-12-28(13-11-20)17-21-7-4-5-9-23(21)26/h4-5,7,9,15,20,22H,3,6,8,10-14,16-18H2,1-2H3. The molecule has 0 aliphatic carbocycles. The largest absolute Gasteiger partial charge is 0.376 e. The monoisotopic (exact) mass is 442 g/mol. The summed E-state index contributed by atoms with van der Waals surface area (Å²) < 4.78 is 21.7. The lowest BCUT2D eigenvalue weighted by molar-refractivity contribution is 0.0435. The second-order valence-electron chi connectivity index (χ2n) is 9.14. The number of aromatic nitrogens is 2. The molecule has 2 fully saturated rings. The average molecular weight is 443 g/mol. The van der Waals surface area contributed by atoms with Crippen LogP contribution in [0.3, 0.4) is 0 Å². The third kappa shape index (κ3) is 5.56. The van der Waals surface area contributed by atoms with Crippen molar-refractivity contribution in [2.24, 2.45) is 5.92 Å². The minimum Gasteiger partial charge on any atom is -0.376 e. The Labute approximate surface area is 190 Å². The number of likely N-dealkylation sites (tertiary alicyclic amines) is 1. The van der Waals surface area contributed by atoms with Crippen molar-refractivity contribution in [2.75, 3.05) is 32.8 Å². The molecule has 0 bridgehead atoms. The third-order valence-corrected chi connectivity index (χ3v) is 6.69. The summed E-state index contributed by atoms with van der Waals surface area (Å²) in [7, 11) is 0. The van der Waals surface area contributed by atoms with E-state index < -0.39 is 0 Å². The first-order valence-corrected chi connectivity index (χ1v) is 11.9. The van der Waals surface area contributed by atoms with Crippen LogP contribution in [0.2, 0.25) is 0 Å². The van der Waals surface area contributed by atoms with Gasteiger partial charge in [0.15, 0.2) is 0 Å². The lowest BCUT2D eigenvalue weighted by Crippen LogP contribution is -2.44. The molecule has 1 amide bonds. The quantitative estimate of drug-likeness (QED) is 0.623. The van der Waals surface area contributed by atoms with Crippen molar-refractivity contribution in [3.8, 4) is 0 Å². The van der Waals surface area contributed by atoms with Gasteiger partial charge in [0.25, 0.3) is 5.91 Å². The number of nitrogens with zero attached hydrogens (tertiary/aromatic N) is 4. The molecule has 32 heavy (non-hydrogen) atoms. The summed E-state index contributed by atoms with van der Waals surface area (Å²) in [6.07, 6.45) is 4.22. The Kier molecular flexibility index (Phi) is 7.58. The highest BCUT2D eigenvalue weighted by atomic mass is 19.1. The van der Waals surface area contributed by atoms with Crippen LogP contribution in [-0.4, -0.2) is 64.4 Å². The number of ether oxygens (including phenoxy) is 1. The van der Waals surface area contributed by atoms with Crippen molar-refractivity contribution in [3.63, 3.8) is 0 Å². The summed E-state index contributed by atoms with van der Waals surface area (Å²) in [5, 5.41) is 4.47. The lowest BCUT2D eigenvalue weighted by atomic mass is 9.95. The van der Waals surface area contributed by atoms with Crippen LogP contribution >= 0.6 is 0 Å². The molecule has 0 radical (unpaired) electrons. The first-order chi connectivity index (χ1) is 15.5. The molecule has 0 saturated carbocycles. The first kappa shape index (κ1) is 22.9. The van der Waals surface area contributed by atoms with Crippen molar-refractivity contribution in [3.05, 3.63) is 53.1 Å². The van der Waals surface area contributed by atoms with Crippen LogP contribution < -0.4 is 0 Å². The molecular formula is C25H35FN4O2. The second-order valence-corrected chi connectivity index (χ2v) is 9.14. The van der Waals surface area contributed by atoms with Crippen LogP contribution in [0, 0.1) is 18.7 Å². The molecule has 2 aromatic rings. The molecule has 0 N–H and O–H groups in total. The highest BCUT2D eigenvalue weighted by molar-refractivity contribution is 5.92. The summed E-state index contributed by atoms with van der Waals surface area (Å²) >= 11 is 0. The van der Waals surface area contributed by atoms with E-state index in [9.17, 15) is 9.18 Å². The molecule has 6 nitrogen and oxygen atoms in total. The first-order valence-electron chi connectivity index (χ1n) is 11.9. The van der Waals surface area contributed by atoms with E-state index in [2.05, 4.69) is 10.00 Å². The van der Waals surface area contributed by atoms with Crippen molar-refractivity contribution in [1.82, 2.24) is 19.6 Å². The number of piperidine rings is 1. The number of halogens is 1. The number of carbonyl (C=O) groups is 1. The van der Waals surface area contributed by atoms with Gasteiger partial charge in [-0.3, -0.25) is 14.4 Å². The molecule has 7 heteroatoms. The summed E-state index contributed by atoms with van der Waals surface area (Å²) in [6, 6.07) is 8.91. The van der Waals surface area contributed by atoms with Gasteiger partial charge in [-0.25, -0.2) is 4.39 Å². The fourth-order valence-corrected chi connectivity index (χ4v) is 4.90. The molecule has 2 aliphatic rings. The van der Waals surface area contributed by atoms with Gasteiger partial charge in [0.05, 0.1) is 11.8 Å². The van der Waals surface area contributed by atoms with Gasteiger partial charge in [-0.2, -0.15) is 5.10 Å². The molecule has 1 aromatic carbocycles. The Morgan fingerprint density at radius 3 is 2.69 bits per heavy atom. The topological polar surface area (TPSA) is 50.6 Å². The van der Waals surface area contributed by atoms with E-state index in [-0.39, 0.29) is 17.8 Å². The predicted molar refractivity (Wildman–Crippen MR) is 122 cm³/mol. The van der Waals surface area contributed by atoms with Gasteiger partial charge in [-0.05, 0) is 70.7 Å². The average Bonchev–Trinajstić information content (AvgIpc) is 3.45. The Morgan fingerprint density at radius 1 is 1.22 bits per heavy atom. The molecule has 2 saturated heterocycles. The lowest BCUT2D eigenvalue weighted by Gasteiger charge is -2.35. The van der Waals surface area contributed by atoms with Crippen molar-refractivity contribution < 1.29 is 13.9 Å². The summed E-state index contributed by atoms with van der Waals surface area (Å²) in [5.74, 6) is 0.360. The maximum Gasteiger partial charge on any atom is 0.272 e. The predicted octanol–water partition coefficient (Wildman–Crippen LogP) is 3.88. The number of amides is 1. The molecule has 1 atom stereocenters. The van der Waals surface area contributed by atoms with Gasteiger partial charge in [0, 0.05) is 38.3 Å². The Balaban J connectivity index is 1.39. The minimum atomic E-state index is -0.134. The van der Waals surface area contributed by atoms with E-state index in [1.165, 1.54) is 6.07 Å². The summed E-state index contributed by atoms with van der Waals surface area (Å²) in [4.78, 5) is 17.8. The van der Waals surface area contributed by atoms with Gasteiger partial charge in [-0.15, -0.1) is 0 Å². The van der Waals surface area contributed by atoms with E-state index in [1.54, 1.807) is 10.7 Å². The smallest absolute Gasteiger partial charge is 0.272 e. The van der Waals surface area contributed by atoms with Gasteiger partial charge in [0.2, 0.25) is 0 Å². The Morgan fingerprint density at radius 2 is 2.00 bits per heavy atom. The molecule has 2 aliphatic heterocycles. The number of hydrogen-bond acceptors (Lipinski definition) is 4. The summed E-state index contributed by atoms with van der Waals surface area (Å²) in [5.41, 5.74) is 2.29. The minimum absolute atomic E-state index is 0.0525. The van der Waals surface area contributed by atoms with Crippen molar-refractivity contribution in [1.29, 1.82) is 0 Å². The van der Waals surface area contributed by atoms with Crippen LogP contribution in [0.5, 0.6) is 0 Å². The van der Waals surface area contributed by atoms with E-state index in [0.29, 0.717) is 31.2 Å². The maximum atomic E-state index is 14.0. The molecule has 4 rings (SSSR count). The van der Waals surface area contributed by atoms with Gasteiger partial charge in [-0.1, -0.05) is 18.2 Å². The molecule has 174 valence electrons. The summed E-state index contributed by atoms with van der Waals surface area (Å²) in [6.45, 7) is 9.27. The zero-order valence-electron chi connectivity index (χ0n) is 19.3. The Hall–Kier alpha value is -2.25. The number of rotatable bonds is 8. The maximum absolute atomic E-state index is 14.0. The zero-order valence-corrected chi connectivity index (χ0v) is 19.3. The third-order valence-electron chi connectivity index (χ3n) is 6.69. The van der Waals surface area contributed by atoms with Crippen molar-refractivity contribution >= 4 is 5.91 Å². The molecule has 1 aromatic heterocycles. The van der Waals surface area contributed by atoms with Crippen molar-refractivity contribution in [2.45, 2.75) is 58.7 Å². The fourth-order valence-electron chi connectivity index (χ4n) is 4.90. The molecule has 1 unspecified atom stereocenters. The van der Waals surface area contributed by atoms with Crippen LogP contribution in [0.15, 0.2) is 30.3 Å². The van der Waals surface area contributed by atoms with E-state index >= 15 is 0 Å². The zero-order chi connectivity index (χ0) is 22.5. The van der Waals surface area contributed by atoms with Gasteiger partial charge < -0.3 is 9.64 Å². The van der Waals surface area contributed by atoms with Crippen LogP contribution in [0.25, 0.3) is 0 Å². The second kappa shape index (κ2) is 10.6. The number of aryl methyl sites for hydroxylation is 2. The van der Waals surface area contributed by atoms with E-state index in [4.69, 9.17) is 4.74 Å². The SMILES string of the molecule is CCn1nc(C)cc1C(=O)N(CC1CCN(Cc2ccccc2F)CC1)CC1CCCO1. The van der Waals surface area contributed by atoms with Crippen LogP contribution in [0.4, 0.5) is 4.39 Å². The molecular weight excluding hydrogens is 407 g/mol. The van der Waals surface area contributed by atoms with Crippen LogP contribution in [0.1, 0.15) is 54.4 Å². The van der Waals surface area contributed by atoms with Crippen LogP contribution in [-0.2, 0) is 17.8 Å². The van der Waals surface area contributed by atoms with Gasteiger partial charge >= 0.3 is 0 Å². The normalized spacial score (nSPS) is 20.0. The number of hydrogen-bond donors (Lipinski definition) is 0.